The number of aromatic amines is 1. The number of nitrogens with one attached hydrogen (secondary N) is 1. The molecule has 0 spiro atoms. The minimum atomic E-state index is -0.751. The Morgan fingerprint density at radius 1 is 1.30 bits per heavy atom. The third-order valence-corrected chi connectivity index (χ3v) is 3.59. The number of nitro groups is 1. The van der Waals surface area contributed by atoms with Crippen LogP contribution in [0.1, 0.15) is 0 Å². The average Bonchev–Trinajstić information content (AvgIpc) is 2.78. The number of aromatic nitrogens is 3. The van der Waals surface area contributed by atoms with Gasteiger partial charge in [0.2, 0.25) is 0 Å². The molecule has 0 aliphatic rings. The molecule has 2 aromatic heterocycles. The maximum Gasteiger partial charge on any atom is 0.354 e. The van der Waals surface area contributed by atoms with Crippen molar-refractivity contribution in [3.05, 3.63) is 61.5 Å². The molecular formula is C12H7BrN4O3. The Labute approximate surface area is 120 Å². The van der Waals surface area contributed by atoms with Gasteiger partial charge >= 0.3 is 11.2 Å². The number of benzene rings is 1. The summed E-state index contributed by atoms with van der Waals surface area (Å²) in [6.45, 7) is 0. The molecule has 0 aliphatic heterocycles. The number of H-pyrrole nitrogens is 1. The van der Waals surface area contributed by atoms with Crippen molar-refractivity contribution in [1.82, 2.24) is 14.6 Å². The molecule has 20 heavy (non-hydrogen) atoms. The van der Waals surface area contributed by atoms with Crippen molar-refractivity contribution in [3.63, 3.8) is 0 Å². The third kappa shape index (κ3) is 1.81. The number of hydrogen-bond acceptors (Lipinski definition) is 4. The van der Waals surface area contributed by atoms with Crippen LogP contribution in [0.25, 0.3) is 16.9 Å². The third-order valence-electron chi connectivity index (χ3n) is 2.84. The molecule has 0 saturated carbocycles. The van der Waals surface area contributed by atoms with Gasteiger partial charge in [-0.25, -0.2) is 4.98 Å². The SMILES string of the molecule is O=c1c([N+](=O)[O-])cnc2c(Br)c(-c3ccccc3)[nH]n12. The smallest absolute Gasteiger partial charge is 0.288 e. The largest absolute Gasteiger partial charge is 0.354 e. The van der Waals surface area contributed by atoms with Crippen LogP contribution in [0.2, 0.25) is 0 Å². The van der Waals surface area contributed by atoms with E-state index >= 15 is 0 Å². The first-order valence-electron chi connectivity index (χ1n) is 5.58. The number of hydrogen-bond donors (Lipinski definition) is 1. The van der Waals surface area contributed by atoms with E-state index in [-0.39, 0.29) is 0 Å². The van der Waals surface area contributed by atoms with Gasteiger partial charge in [0.25, 0.3) is 0 Å². The molecule has 3 aromatic rings. The predicted octanol–water partition coefficient (Wildman–Crippen LogP) is 2.36. The van der Waals surface area contributed by atoms with Gasteiger partial charge < -0.3 is 0 Å². The van der Waals surface area contributed by atoms with Crippen molar-refractivity contribution < 1.29 is 4.92 Å². The lowest BCUT2D eigenvalue weighted by molar-refractivity contribution is -0.386. The molecule has 0 radical (unpaired) electrons. The lowest BCUT2D eigenvalue weighted by atomic mass is 10.2. The first kappa shape index (κ1) is 12.5. The van der Waals surface area contributed by atoms with Crippen molar-refractivity contribution >= 4 is 27.3 Å². The Bertz CT molecular complexity index is 870. The van der Waals surface area contributed by atoms with Gasteiger partial charge in [-0.05, 0) is 15.9 Å². The topological polar surface area (TPSA) is 93.3 Å². The van der Waals surface area contributed by atoms with E-state index in [1.54, 1.807) is 0 Å². The molecule has 0 bridgehead atoms. The van der Waals surface area contributed by atoms with E-state index < -0.39 is 16.2 Å². The van der Waals surface area contributed by atoms with E-state index in [4.69, 9.17) is 0 Å². The highest BCUT2D eigenvalue weighted by molar-refractivity contribution is 9.10. The van der Waals surface area contributed by atoms with Crippen LogP contribution in [0, 0.1) is 10.1 Å². The molecule has 0 saturated heterocycles. The number of halogens is 1. The highest BCUT2D eigenvalue weighted by atomic mass is 79.9. The van der Waals surface area contributed by atoms with Crippen LogP contribution < -0.4 is 5.56 Å². The zero-order chi connectivity index (χ0) is 14.3. The zero-order valence-electron chi connectivity index (χ0n) is 9.91. The quantitative estimate of drug-likeness (QED) is 0.575. The molecule has 0 atom stereocenters. The van der Waals surface area contributed by atoms with Gasteiger partial charge in [-0.1, -0.05) is 30.3 Å². The Morgan fingerprint density at radius 3 is 2.65 bits per heavy atom. The van der Waals surface area contributed by atoms with Gasteiger partial charge in [-0.15, -0.1) is 0 Å². The fourth-order valence-corrected chi connectivity index (χ4v) is 2.50. The summed E-state index contributed by atoms with van der Waals surface area (Å²) >= 11 is 3.36. The minimum absolute atomic E-state index is 0.305. The molecule has 0 amide bonds. The summed E-state index contributed by atoms with van der Waals surface area (Å²) in [6.07, 6.45) is 0.963. The Morgan fingerprint density at radius 2 is 2.00 bits per heavy atom. The number of fused-ring (bicyclic) bond motifs is 1. The molecule has 1 N–H and O–H groups in total. The summed E-state index contributed by atoms with van der Waals surface area (Å²) in [5.41, 5.74) is 0.459. The van der Waals surface area contributed by atoms with Gasteiger partial charge in [-0.2, -0.15) is 4.52 Å². The van der Waals surface area contributed by atoms with Gasteiger partial charge in [0, 0.05) is 5.56 Å². The molecule has 100 valence electrons. The van der Waals surface area contributed by atoms with E-state index in [1.807, 2.05) is 30.3 Å². The summed E-state index contributed by atoms with van der Waals surface area (Å²) < 4.78 is 1.64. The Kier molecular flexibility index (Phi) is 2.87. The van der Waals surface area contributed by atoms with Crippen LogP contribution in [-0.4, -0.2) is 19.5 Å². The summed E-state index contributed by atoms with van der Waals surface area (Å²) in [5, 5.41) is 13.6. The van der Waals surface area contributed by atoms with E-state index in [9.17, 15) is 14.9 Å². The van der Waals surface area contributed by atoms with E-state index in [2.05, 4.69) is 26.0 Å². The van der Waals surface area contributed by atoms with Crippen molar-refractivity contribution in [2.75, 3.05) is 0 Å². The maximum atomic E-state index is 12.0. The minimum Gasteiger partial charge on any atom is -0.288 e. The Balaban J connectivity index is 2.33. The van der Waals surface area contributed by atoms with Crippen LogP contribution in [0.3, 0.4) is 0 Å². The lowest BCUT2D eigenvalue weighted by Gasteiger charge is -1.96. The van der Waals surface area contributed by atoms with Crippen LogP contribution >= 0.6 is 15.9 Å². The number of nitrogens with zero attached hydrogens (tertiary/aromatic N) is 3. The fraction of sp³-hybridized carbons (Fsp3) is 0. The molecule has 3 rings (SSSR count). The fourth-order valence-electron chi connectivity index (χ4n) is 1.90. The van der Waals surface area contributed by atoms with Crippen LogP contribution in [0.4, 0.5) is 5.69 Å². The molecule has 0 fully saturated rings. The molecule has 2 heterocycles. The molecule has 1 aromatic carbocycles. The Hall–Kier alpha value is -2.48. The van der Waals surface area contributed by atoms with Crippen molar-refractivity contribution in [1.29, 1.82) is 0 Å². The molecule has 8 heteroatoms. The van der Waals surface area contributed by atoms with Crippen LogP contribution in [0.5, 0.6) is 0 Å². The van der Waals surface area contributed by atoms with Gasteiger partial charge in [0.05, 0.1) is 15.1 Å². The monoisotopic (exact) mass is 334 g/mol. The normalized spacial score (nSPS) is 10.8. The van der Waals surface area contributed by atoms with Crippen molar-refractivity contribution in [3.8, 4) is 11.3 Å². The molecule has 7 nitrogen and oxygen atoms in total. The highest BCUT2D eigenvalue weighted by Gasteiger charge is 2.20. The van der Waals surface area contributed by atoms with E-state index in [1.165, 1.54) is 0 Å². The van der Waals surface area contributed by atoms with Crippen LogP contribution in [0.15, 0.2) is 45.8 Å². The summed E-state index contributed by atoms with van der Waals surface area (Å²) in [6, 6.07) is 9.29. The molecule has 0 aliphatic carbocycles. The second-order valence-electron chi connectivity index (χ2n) is 4.03. The van der Waals surface area contributed by atoms with Gasteiger partial charge in [-0.3, -0.25) is 20.0 Å². The lowest BCUT2D eigenvalue weighted by Crippen LogP contribution is -2.18. The zero-order valence-corrected chi connectivity index (χ0v) is 11.5. The second-order valence-corrected chi connectivity index (χ2v) is 4.82. The summed E-state index contributed by atoms with van der Waals surface area (Å²) in [4.78, 5) is 26.0. The van der Waals surface area contributed by atoms with E-state index in [0.29, 0.717) is 15.8 Å². The van der Waals surface area contributed by atoms with Gasteiger partial charge in [0.1, 0.15) is 6.20 Å². The maximum absolute atomic E-state index is 12.0. The summed E-state index contributed by atoms with van der Waals surface area (Å²) in [7, 11) is 0. The second kappa shape index (κ2) is 4.57. The first-order valence-corrected chi connectivity index (χ1v) is 6.38. The van der Waals surface area contributed by atoms with Crippen LogP contribution in [-0.2, 0) is 0 Å². The molecular weight excluding hydrogens is 328 g/mol. The first-order chi connectivity index (χ1) is 9.59. The summed E-state index contributed by atoms with van der Waals surface area (Å²) in [5.74, 6) is 0. The standard InChI is InChI=1S/C12H7BrN4O3/c13-9-10(7-4-2-1-3-5-7)15-16-11(9)14-6-8(12(16)18)17(19)20/h1-6,15H. The van der Waals surface area contributed by atoms with Crippen molar-refractivity contribution in [2.45, 2.75) is 0 Å². The number of rotatable bonds is 2. The van der Waals surface area contributed by atoms with Gasteiger partial charge in [0.15, 0.2) is 5.65 Å². The average molecular weight is 335 g/mol. The molecule has 0 unspecified atom stereocenters. The van der Waals surface area contributed by atoms with E-state index in [0.717, 1.165) is 16.3 Å². The predicted molar refractivity (Wildman–Crippen MR) is 75.6 cm³/mol. The van der Waals surface area contributed by atoms with Crippen molar-refractivity contribution in [2.24, 2.45) is 0 Å². The highest BCUT2D eigenvalue weighted by Crippen LogP contribution is 2.29.